The predicted octanol–water partition coefficient (Wildman–Crippen LogP) is 8.72. The lowest BCUT2D eigenvalue weighted by molar-refractivity contribution is 1.09. The molecular formula is C33H24N2. The van der Waals surface area contributed by atoms with Crippen molar-refractivity contribution >= 4 is 22.7 Å². The number of benzene rings is 5. The molecule has 0 bridgehead atoms. The average molecular weight is 449 g/mol. The molecule has 35 heavy (non-hydrogen) atoms. The Morgan fingerprint density at radius 1 is 0.543 bits per heavy atom. The summed E-state index contributed by atoms with van der Waals surface area (Å²) in [6, 6.07) is 48.6. The highest BCUT2D eigenvalue weighted by Gasteiger charge is 2.18. The lowest BCUT2D eigenvalue weighted by atomic mass is 10.1. The molecule has 5 aromatic carbocycles. The average Bonchev–Trinajstić information content (AvgIpc) is 3.33. The van der Waals surface area contributed by atoms with E-state index >= 15 is 0 Å². The van der Waals surface area contributed by atoms with Gasteiger partial charge in [-0.2, -0.15) is 0 Å². The molecule has 0 aliphatic rings. The maximum Gasteiger partial charge on any atom is 0.0708 e. The first-order valence-electron chi connectivity index (χ1n) is 11.8. The third kappa shape index (κ3) is 4.07. The van der Waals surface area contributed by atoms with Gasteiger partial charge in [0, 0.05) is 22.9 Å². The molecule has 1 aromatic heterocycles. The van der Waals surface area contributed by atoms with Crippen LogP contribution in [-0.4, -0.2) is 10.8 Å². The van der Waals surface area contributed by atoms with E-state index in [2.05, 4.69) is 144 Å². The Hall–Kier alpha value is -4.69. The minimum absolute atomic E-state index is 0.968. The Morgan fingerprint density at radius 3 is 1.89 bits per heavy atom. The lowest BCUT2D eigenvalue weighted by Gasteiger charge is -2.15. The maximum atomic E-state index is 4.99. The predicted molar refractivity (Wildman–Crippen MR) is 148 cm³/mol. The first-order chi connectivity index (χ1) is 17.4. The van der Waals surface area contributed by atoms with Gasteiger partial charge in [-0.25, -0.2) is 0 Å². The van der Waals surface area contributed by atoms with Crippen LogP contribution in [0.1, 0.15) is 5.56 Å². The molecule has 2 nitrogen and oxygen atoms in total. The zero-order valence-corrected chi connectivity index (χ0v) is 19.3. The number of hydrogen-bond donors (Lipinski definition) is 0. The SMILES string of the molecule is C(=Nc1cccc2ccccc12)c1cc(-c2ccccc2)n(-c2ccccc2)c1-c1ccccc1. The van der Waals surface area contributed by atoms with Crippen molar-refractivity contribution in [3.8, 4) is 28.2 Å². The smallest absolute Gasteiger partial charge is 0.0708 e. The summed E-state index contributed by atoms with van der Waals surface area (Å²) in [5.74, 6) is 0. The largest absolute Gasteiger partial charge is 0.309 e. The van der Waals surface area contributed by atoms with E-state index in [4.69, 9.17) is 4.99 Å². The van der Waals surface area contributed by atoms with Gasteiger partial charge in [-0.1, -0.05) is 115 Å². The van der Waals surface area contributed by atoms with Crippen LogP contribution in [0.5, 0.6) is 0 Å². The molecule has 2 heteroatoms. The molecule has 0 N–H and O–H groups in total. The highest BCUT2D eigenvalue weighted by atomic mass is 15.0. The highest BCUT2D eigenvalue weighted by molar-refractivity contribution is 5.98. The quantitative estimate of drug-likeness (QED) is 0.235. The molecule has 0 radical (unpaired) electrons. The first-order valence-corrected chi connectivity index (χ1v) is 11.8. The van der Waals surface area contributed by atoms with Crippen LogP contribution in [0.2, 0.25) is 0 Å². The van der Waals surface area contributed by atoms with Crippen molar-refractivity contribution in [3.63, 3.8) is 0 Å². The normalized spacial score (nSPS) is 11.3. The molecule has 0 saturated carbocycles. The molecule has 6 aromatic rings. The van der Waals surface area contributed by atoms with Crippen molar-refractivity contribution in [2.45, 2.75) is 0 Å². The molecule has 0 unspecified atom stereocenters. The van der Waals surface area contributed by atoms with Gasteiger partial charge >= 0.3 is 0 Å². The van der Waals surface area contributed by atoms with Crippen LogP contribution in [0.3, 0.4) is 0 Å². The Morgan fingerprint density at radius 2 is 1.14 bits per heavy atom. The van der Waals surface area contributed by atoms with Crippen LogP contribution in [-0.2, 0) is 0 Å². The van der Waals surface area contributed by atoms with E-state index in [0.717, 1.165) is 39.3 Å². The minimum atomic E-state index is 0.968. The van der Waals surface area contributed by atoms with Gasteiger partial charge in [0.15, 0.2) is 0 Å². The van der Waals surface area contributed by atoms with E-state index in [1.165, 1.54) is 10.9 Å². The molecule has 1 heterocycles. The van der Waals surface area contributed by atoms with Crippen molar-refractivity contribution in [3.05, 3.63) is 145 Å². The number of aromatic nitrogens is 1. The molecular weight excluding hydrogens is 424 g/mol. The molecule has 0 spiro atoms. The fourth-order valence-corrected chi connectivity index (χ4v) is 4.65. The van der Waals surface area contributed by atoms with Crippen LogP contribution < -0.4 is 0 Å². The summed E-state index contributed by atoms with van der Waals surface area (Å²) < 4.78 is 2.34. The summed E-state index contributed by atoms with van der Waals surface area (Å²) >= 11 is 0. The molecule has 0 saturated heterocycles. The summed E-state index contributed by atoms with van der Waals surface area (Å²) in [5, 5.41) is 2.34. The van der Waals surface area contributed by atoms with Crippen molar-refractivity contribution in [2.75, 3.05) is 0 Å². The van der Waals surface area contributed by atoms with E-state index < -0.39 is 0 Å². The van der Waals surface area contributed by atoms with Gasteiger partial charge in [0.1, 0.15) is 0 Å². The summed E-state index contributed by atoms with van der Waals surface area (Å²) in [6.45, 7) is 0. The van der Waals surface area contributed by atoms with Gasteiger partial charge in [-0.3, -0.25) is 4.99 Å². The highest BCUT2D eigenvalue weighted by Crippen LogP contribution is 2.36. The number of hydrogen-bond acceptors (Lipinski definition) is 1. The summed E-state index contributed by atoms with van der Waals surface area (Å²) in [5.41, 5.74) is 7.74. The molecule has 6 rings (SSSR count). The second-order valence-electron chi connectivity index (χ2n) is 8.49. The van der Waals surface area contributed by atoms with E-state index in [0.29, 0.717) is 0 Å². The van der Waals surface area contributed by atoms with E-state index in [-0.39, 0.29) is 0 Å². The number of fused-ring (bicyclic) bond motifs is 1. The van der Waals surface area contributed by atoms with Crippen molar-refractivity contribution in [2.24, 2.45) is 4.99 Å². The van der Waals surface area contributed by atoms with Crippen molar-refractivity contribution in [1.82, 2.24) is 4.57 Å². The van der Waals surface area contributed by atoms with Crippen molar-refractivity contribution in [1.29, 1.82) is 0 Å². The summed E-state index contributed by atoms with van der Waals surface area (Å²) in [7, 11) is 0. The van der Waals surface area contributed by atoms with Gasteiger partial charge in [-0.15, -0.1) is 0 Å². The van der Waals surface area contributed by atoms with Crippen LogP contribution in [0.15, 0.2) is 145 Å². The maximum absolute atomic E-state index is 4.99. The van der Waals surface area contributed by atoms with Gasteiger partial charge < -0.3 is 4.57 Å². The van der Waals surface area contributed by atoms with Gasteiger partial charge in [-0.05, 0) is 40.8 Å². The number of aliphatic imine (C=N–C) groups is 1. The number of nitrogens with zero attached hydrogens (tertiary/aromatic N) is 2. The van der Waals surface area contributed by atoms with Crippen LogP contribution in [0.25, 0.3) is 39.0 Å². The zero-order valence-electron chi connectivity index (χ0n) is 19.3. The zero-order chi connectivity index (χ0) is 23.5. The topological polar surface area (TPSA) is 17.3 Å². The Balaban J connectivity index is 1.61. The van der Waals surface area contributed by atoms with Crippen LogP contribution in [0.4, 0.5) is 5.69 Å². The molecule has 0 aliphatic heterocycles. The standard InChI is InChI=1S/C33H24N2/c1-4-14-26(15-5-1)32-23-28(24-34-31-22-12-18-25-13-10-11-21-30(25)31)33(27-16-6-2-7-17-27)35(32)29-19-8-3-9-20-29/h1-24H. The third-order valence-electron chi connectivity index (χ3n) is 6.27. The van der Waals surface area contributed by atoms with E-state index in [1.807, 2.05) is 6.21 Å². The minimum Gasteiger partial charge on any atom is -0.309 e. The summed E-state index contributed by atoms with van der Waals surface area (Å²) in [4.78, 5) is 4.99. The second-order valence-corrected chi connectivity index (χ2v) is 8.49. The monoisotopic (exact) mass is 448 g/mol. The second kappa shape index (κ2) is 9.28. The molecule has 0 aliphatic carbocycles. The Bertz CT molecular complexity index is 1610. The fourth-order valence-electron chi connectivity index (χ4n) is 4.65. The van der Waals surface area contributed by atoms with Gasteiger partial charge in [0.25, 0.3) is 0 Å². The van der Waals surface area contributed by atoms with Crippen LogP contribution in [0, 0.1) is 0 Å². The van der Waals surface area contributed by atoms with E-state index in [9.17, 15) is 0 Å². The first kappa shape index (κ1) is 20.9. The Labute approximate surface area is 205 Å². The third-order valence-corrected chi connectivity index (χ3v) is 6.27. The number of rotatable bonds is 5. The van der Waals surface area contributed by atoms with Crippen LogP contribution >= 0.6 is 0 Å². The molecule has 0 fully saturated rings. The van der Waals surface area contributed by atoms with Crippen molar-refractivity contribution < 1.29 is 0 Å². The fraction of sp³-hybridized carbons (Fsp3) is 0. The van der Waals surface area contributed by atoms with Gasteiger partial charge in [0.05, 0.1) is 17.1 Å². The summed E-state index contributed by atoms with van der Waals surface area (Å²) in [6.07, 6.45) is 2.01. The molecule has 0 atom stereocenters. The molecule has 166 valence electrons. The van der Waals surface area contributed by atoms with Gasteiger partial charge in [0.2, 0.25) is 0 Å². The lowest BCUT2D eigenvalue weighted by Crippen LogP contribution is -2.00. The number of para-hydroxylation sites is 1. The van der Waals surface area contributed by atoms with E-state index in [1.54, 1.807) is 0 Å². The molecule has 0 amide bonds. The Kier molecular flexibility index (Phi) is 5.54.